The molecular formula is C15H22N4. The van der Waals surface area contributed by atoms with Gasteiger partial charge in [0.25, 0.3) is 0 Å². The standard InChI is InChI=1S/C15H22N4/c1-10-4-5-12-13(8-10)18-15(17-12)14-9-11(16-2)6-7-19(14)3/h4-5,8,11,14,16H,6-7,9H2,1-3H3,(H,17,18)/t11?,14-/m1/s1. The molecule has 1 unspecified atom stereocenters. The Bertz CT molecular complexity index is 575. The van der Waals surface area contributed by atoms with Crippen LogP contribution in [0, 0.1) is 6.92 Å². The molecule has 4 nitrogen and oxygen atoms in total. The first kappa shape index (κ1) is 12.6. The van der Waals surface area contributed by atoms with Gasteiger partial charge in [-0.05, 0) is 51.6 Å². The zero-order valence-electron chi connectivity index (χ0n) is 11.9. The van der Waals surface area contributed by atoms with Crippen molar-refractivity contribution in [2.75, 3.05) is 20.6 Å². The second-order valence-corrected chi connectivity index (χ2v) is 5.65. The predicted molar refractivity (Wildman–Crippen MR) is 78.3 cm³/mol. The number of hydrogen-bond donors (Lipinski definition) is 2. The molecule has 0 aliphatic carbocycles. The van der Waals surface area contributed by atoms with Crippen LogP contribution in [0.1, 0.15) is 30.3 Å². The fourth-order valence-electron chi connectivity index (χ4n) is 2.97. The van der Waals surface area contributed by atoms with Crippen molar-refractivity contribution in [3.8, 4) is 0 Å². The highest BCUT2D eigenvalue weighted by atomic mass is 15.2. The molecule has 2 aromatic rings. The molecule has 0 spiro atoms. The van der Waals surface area contributed by atoms with Gasteiger partial charge in [-0.25, -0.2) is 4.98 Å². The van der Waals surface area contributed by atoms with Crippen molar-refractivity contribution in [1.82, 2.24) is 20.2 Å². The monoisotopic (exact) mass is 258 g/mol. The summed E-state index contributed by atoms with van der Waals surface area (Å²) in [6.45, 7) is 3.23. The van der Waals surface area contributed by atoms with Gasteiger partial charge in [0.2, 0.25) is 0 Å². The lowest BCUT2D eigenvalue weighted by Gasteiger charge is -2.35. The van der Waals surface area contributed by atoms with Gasteiger partial charge in [-0.3, -0.25) is 4.90 Å². The van der Waals surface area contributed by atoms with E-state index in [9.17, 15) is 0 Å². The Hall–Kier alpha value is -1.39. The highest BCUT2D eigenvalue weighted by Gasteiger charge is 2.28. The number of piperidine rings is 1. The van der Waals surface area contributed by atoms with Crippen LogP contribution in [0.3, 0.4) is 0 Å². The van der Waals surface area contributed by atoms with E-state index in [0.29, 0.717) is 12.1 Å². The molecule has 2 N–H and O–H groups in total. The summed E-state index contributed by atoms with van der Waals surface area (Å²) in [7, 11) is 4.24. The maximum atomic E-state index is 4.77. The number of nitrogens with one attached hydrogen (secondary N) is 2. The lowest BCUT2D eigenvalue weighted by molar-refractivity contribution is 0.154. The summed E-state index contributed by atoms with van der Waals surface area (Å²) < 4.78 is 0. The SMILES string of the molecule is CNC1CCN(C)[C@@H](c2nc3ccc(C)cc3[nH]2)C1. The molecule has 2 heterocycles. The normalized spacial score (nSPS) is 25.0. The van der Waals surface area contributed by atoms with E-state index >= 15 is 0 Å². The van der Waals surface area contributed by atoms with Crippen molar-refractivity contribution >= 4 is 11.0 Å². The maximum Gasteiger partial charge on any atom is 0.124 e. The number of aromatic amines is 1. The van der Waals surface area contributed by atoms with E-state index in [1.165, 1.54) is 12.0 Å². The van der Waals surface area contributed by atoms with Crippen molar-refractivity contribution < 1.29 is 0 Å². The van der Waals surface area contributed by atoms with Gasteiger partial charge in [0.05, 0.1) is 17.1 Å². The third kappa shape index (κ3) is 2.38. The highest BCUT2D eigenvalue weighted by molar-refractivity contribution is 5.75. The first-order valence-electron chi connectivity index (χ1n) is 7.01. The topological polar surface area (TPSA) is 44.0 Å². The van der Waals surface area contributed by atoms with Crippen molar-refractivity contribution in [3.05, 3.63) is 29.6 Å². The van der Waals surface area contributed by atoms with E-state index in [1.807, 2.05) is 0 Å². The number of imidazole rings is 1. The largest absolute Gasteiger partial charge is 0.341 e. The van der Waals surface area contributed by atoms with E-state index in [1.54, 1.807) is 0 Å². The minimum atomic E-state index is 0.388. The minimum Gasteiger partial charge on any atom is -0.341 e. The van der Waals surface area contributed by atoms with Crippen LogP contribution in [0.4, 0.5) is 0 Å². The van der Waals surface area contributed by atoms with Crippen LogP contribution in [-0.4, -0.2) is 41.5 Å². The summed E-state index contributed by atoms with van der Waals surface area (Å²) in [4.78, 5) is 10.7. The van der Waals surface area contributed by atoms with Crippen molar-refractivity contribution in [1.29, 1.82) is 0 Å². The Morgan fingerprint density at radius 2 is 2.26 bits per heavy atom. The molecule has 0 saturated carbocycles. The van der Waals surface area contributed by atoms with Crippen LogP contribution in [0.15, 0.2) is 18.2 Å². The molecule has 1 aliphatic rings. The fourth-order valence-corrected chi connectivity index (χ4v) is 2.97. The number of H-pyrrole nitrogens is 1. The number of aryl methyl sites for hydroxylation is 1. The molecule has 1 saturated heterocycles. The van der Waals surface area contributed by atoms with Gasteiger partial charge in [-0.1, -0.05) is 6.07 Å². The number of benzene rings is 1. The van der Waals surface area contributed by atoms with E-state index in [4.69, 9.17) is 4.98 Å². The van der Waals surface area contributed by atoms with Gasteiger partial charge in [-0.2, -0.15) is 0 Å². The van der Waals surface area contributed by atoms with Crippen LogP contribution in [-0.2, 0) is 0 Å². The van der Waals surface area contributed by atoms with Gasteiger partial charge < -0.3 is 10.3 Å². The molecule has 1 aromatic carbocycles. The molecular weight excluding hydrogens is 236 g/mol. The molecule has 1 aromatic heterocycles. The van der Waals surface area contributed by atoms with Crippen LogP contribution < -0.4 is 5.32 Å². The first-order chi connectivity index (χ1) is 9.17. The molecule has 3 rings (SSSR count). The lowest BCUT2D eigenvalue weighted by atomic mass is 9.97. The van der Waals surface area contributed by atoms with Crippen molar-refractivity contribution in [2.45, 2.75) is 31.8 Å². The van der Waals surface area contributed by atoms with Gasteiger partial charge in [-0.15, -0.1) is 0 Å². The van der Waals surface area contributed by atoms with E-state index in [-0.39, 0.29) is 0 Å². The smallest absolute Gasteiger partial charge is 0.124 e. The van der Waals surface area contributed by atoms with Gasteiger partial charge >= 0.3 is 0 Å². The highest BCUT2D eigenvalue weighted by Crippen LogP contribution is 2.29. The lowest BCUT2D eigenvalue weighted by Crippen LogP contribution is -2.41. The quantitative estimate of drug-likeness (QED) is 0.868. The summed E-state index contributed by atoms with van der Waals surface area (Å²) >= 11 is 0. The molecule has 4 heteroatoms. The van der Waals surface area contributed by atoms with Gasteiger partial charge in [0, 0.05) is 12.6 Å². The van der Waals surface area contributed by atoms with Crippen molar-refractivity contribution in [2.24, 2.45) is 0 Å². The Labute approximate surface area is 114 Å². The predicted octanol–water partition coefficient (Wildman–Crippen LogP) is 2.23. The number of fused-ring (bicyclic) bond motifs is 1. The zero-order chi connectivity index (χ0) is 13.4. The van der Waals surface area contributed by atoms with Gasteiger partial charge in [0.1, 0.15) is 5.82 Å². The van der Waals surface area contributed by atoms with E-state index in [0.717, 1.165) is 29.8 Å². The summed E-state index contributed by atoms with van der Waals surface area (Å²) in [5.41, 5.74) is 3.49. The van der Waals surface area contributed by atoms with Crippen LogP contribution in [0.2, 0.25) is 0 Å². The molecule has 0 radical (unpaired) electrons. The molecule has 102 valence electrons. The van der Waals surface area contributed by atoms with Crippen LogP contribution >= 0.6 is 0 Å². The number of hydrogen-bond acceptors (Lipinski definition) is 3. The maximum absolute atomic E-state index is 4.77. The Kier molecular flexibility index (Phi) is 3.29. The van der Waals surface area contributed by atoms with E-state index < -0.39 is 0 Å². The molecule has 1 aliphatic heterocycles. The summed E-state index contributed by atoms with van der Waals surface area (Å²) in [6.07, 6.45) is 2.33. The summed E-state index contributed by atoms with van der Waals surface area (Å²) in [5.74, 6) is 1.10. The molecule has 0 amide bonds. The van der Waals surface area contributed by atoms with E-state index in [2.05, 4.69) is 54.4 Å². The van der Waals surface area contributed by atoms with Crippen LogP contribution in [0.25, 0.3) is 11.0 Å². The average Bonchev–Trinajstić information content (AvgIpc) is 2.82. The number of nitrogens with zero attached hydrogens (tertiary/aromatic N) is 2. The second kappa shape index (κ2) is 4.94. The van der Waals surface area contributed by atoms with Gasteiger partial charge in [0.15, 0.2) is 0 Å². The fraction of sp³-hybridized carbons (Fsp3) is 0.533. The van der Waals surface area contributed by atoms with Crippen LogP contribution in [0.5, 0.6) is 0 Å². The number of likely N-dealkylation sites (tertiary alicyclic amines) is 1. The summed E-state index contributed by atoms with van der Waals surface area (Å²) in [5, 5.41) is 3.40. The third-order valence-electron chi connectivity index (χ3n) is 4.25. The zero-order valence-corrected chi connectivity index (χ0v) is 11.9. The third-order valence-corrected chi connectivity index (χ3v) is 4.25. The molecule has 2 atom stereocenters. The average molecular weight is 258 g/mol. The Balaban J connectivity index is 1.93. The Morgan fingerprint density at radius 1 is 1.42 bits per heavy atom. The summed E-state index contributed by atoms with van der Waals surface area (Å²) in [6, 6.07) is 7.37. The minimum absolute atomic E-state index is 0.388. The Morgan fingerprint density at radius 3 is 3.05 bits per heavy atom. The number of rotatable bonds is 2. The second-order valence-electron chi connectivity index (χ2n) is 5.65. The number of aromatic nitrogens is 2. The first-order valence-corrected chi connectivity index (χ1v) is 7.01. The van der Waals surface area contributed by atoms with Crippen molar-refractivity contribution in [3.63, 3.8) is 0 Å². The molecule has 19 heavy (non-hydrogen) atoms. The molecule has 0 bridgehead atoms. The molecule has 1 fully saturated rings.